The van der Waals surface area contributed by atoms with Gasteiger partial charge in [-0.05, 0) is 36.4 Å². The van der Waals surface area contributed by atoms with Crippen molar-refractivity contribution in [1.29, 1.82) is 0 Å². The van der Waals surface area contributed by atoms with Crippen LogP contribution < -0.4 is 10.6 Å². The van der Waals surface area contributed by atoms with E-state index >= 15 is 0 Å². The van der Waals surface area contributed by atoms with Gasteiger partial charge in [0.15, 0.2) is 0 Å². The van der Waals surface area contributed by atoms with E-state index in [1.165, 1.54) is 0 Å². The van der Waals surface area contributed by atoms with Crippen molar-refractivity contribution < 1.29 is 9.21 Å². The van der Waals surface area contributed by atoms with E-state index in [9.17, 15) is 4.79 Å². The molecule has 110 valence electrons. The number of aromatic nitrogens is 1. The minimum atomic E-state index is -0.243. The quantitative estimate of drug-likeness (QED) is 0.755. The van der Waals surface area contributed by atoms with Crippen molar-refractivity contribution in [1.82, 2.24) is 4.98 Å². The monoisotopic (exact) mass is 293 g/mol. The lowest BCUT2D eigenvalue weighted by atomic mass is 10.2. The van der Waals surface area contributed by atoms with Gasteiger partial charge in [0.05, 0.1) is 12.8 Å². The number of hydrogen-bond donors (Lipinski definition) is 2. The van der Waals surface area contributed by atoms with Gasteiger partial charge in [-0.1, -0.05) is 18.2 Å². The van der Waals surface area contributed by atoms with Gasteiger partial charge in [0.2, 0.25) is 0 Å². The van der Waals surface area contributed by atoms with Crippen molar-refractivity contribution >= 4 is 17.3 Å². The lowest BCUT2D eigenvalue weighted by Gasteiger charge is -2.07. The van der Waals surface area contributed by atoms with Gasteiger partial charge in [0.1, 0.15) is 11.5 Å². The molecule has 1 amide bonds. The highest BCUT2D eigenvalue weighted by atomic mass is 16.3. The van der Waals surface area contributed by atoms with Gasteiger partial charge in [-0.2, -0.15) is 0 Å². The molecule has 0 fully saturated rings. The van der Waals surface area contributed by atoms with Crippen LogP contribution in [0.15, 0.2) is 71.5 Å². The first-order chi connectivity index (χ1) is 10.8. The highest BCUT2D eigenvalue weighted by Crippen LogP contribution is 2.12. The Labute approximate surface area is 128 Å². The third-order valence-corrected chi connectivity index (χ3v) is 3.07. The molecular weight excluding hydrogens is 278 g/mol. The van der Waals surface area contributed by atoms with Crippen LogP contribution in [0.5, 0.6) is 0 Å². The summed E-state index contributed by atoms with van der Waals surface area (Å²) < 4.78 is 5.25. The maximum Gasteiger partial charge on any atom is 0.274 e. The Bertz CT molecular complexity index is 740. The fourth-order valence-electron chi connectivity index (χ4n) is 1.98. The molecule has 0 aliphatic rings. The van der Waals surface area contributed by atoms with Crippen LogP contribution in [0.4, 0.5) is 11.4 Å². The van der Waals surface area contributed by atoms with E-state index in [0.717, 1.165) is 17.1 Å². The van der Waals surface area contributed by atoms with Crippen LogP contribution in [0.25, 0.3) is 0 Å². The largest absolute Gasteiger partial charge is 0.467 e. The van der Waals surface area contributed by atoms with Crippen molar-refractivity contribution in [3.63, 3.8) is 0 Å². The molecule has 0 radical (unpaired) electrons. The summed E-state index contributed by atoms with van der Waals surface area (Å²) in [5.41, 5.74) is 1.90. The highest BCUT2D eigenvalue weighted by molar-refractivity contribution is 6.03. The molecule has 0 aliphatic heterocycles. The summed E-state index contributed by atoms with van der Waals surface area (Å²) in [6.45, 7) is 0.552. The number of nitrogens with one attached hydrogen (secondary N) is 2. The van der Waals surface area contributed by atoms with Gasteiger partial charge in [0, 0.05) is 17.6 Å². The number of furan rings is 1. The topological polar surface area (TPSA) is 67.2 Å². The predicted octanol–water partition coefficient (Wildman–Crippen LogP) is 3.54. The number of amides is 1. The first kappa shape index (κ1) is 13.9. The third-order valence-electron chi connectivity index (χ3n) is 3.07. The van der Waals surface area contributed by atoms with E-state index in [1.807, 2.05) is 48.5 Å². The Morgan fingerprint density at radius 1 is 1.05 bits per heavy atom. The standard InChI is InChI=1S/C17H15N3O2/c21-17(20-13-5-2-1-3-6-13)16-11-14(8-9-18-16)19-12-15-7-4-10-22-15/h1-11H,12H2,(H,18,19)(H,20,21). The fourth-order valence-corrected chi connectivity index (χ4v) is 1.98. The molecule has 5 heteroatoms. The zero-order valence-corrected chi connectivity index (χ0v) is 11.8. The number of carbonyl (C=O) groups excluding carboxylic acids is 1. The normalized spacial score (nSPS) is 10.2. The summed E-state index contributed by atoms with van der Waals surface area (Å²) in [7, 11) is 0. The van der Waals surface area contributed by atoms with Gasteiger partial charge in [-0.25, -0.2) is 0 Å². The number of rotatable bonds is 5. The molecule has 0 bridgehead atoms. The van der Waals surface area contributed by atoms with E-state index in [2.05, 4.69) is 15.6 Å². The average Bonchev–Trinajstić information content (AvgIpc) is 3.08. The summed E-state index contributed by atoms with van der Waals surface area (Å²) in [5.74, 6) is 0.583. The van der Waals surface area contributed by atoms with Crippen molar-refractivity contribution in [3.8, 4) is 0 Å². The first-order valence-electron chi connectivity index (χ1n) is 6.90. The Morgan fingerprint density at radius 2 is 1.91 bits per heavy atom. The van der Waals surface area contributed by atoms with Gasteiger partial charge < -0.3 is 15.1 Å². The second kappa shape index (κ2) is 6.58. The number of anilines is 2. The second-order valence-electron chi connectivity index (χ2n) is 4.68. The fraction of sp³-hybridized carbons (Fsp3) is 0.0588. The Kier molecular flexibility index (Phi) is 4.15. The van der Waals surface area contributed by atoms with Crippen LogP contribution in [0.3, 0.4) is 0 Å². The Morgan fingerprint density at radius 3 is 2.68 bits per heavy atom. The summed E-state index contributed by atoms with van der Waals surface area (Å²) in [5, 5.41) is 6.00. The molecule has 3 aromatic rings. The summed E-state index contributed by atoms with van der Waals surface area (Å²) >= 11 is 0. The van der Waals surface area contributed by atoms with Crippen LogP contribution in [0.2, 0.25) is 0 Å². The molecular formula is C17H15N3O2. The zero-order valence-electron chi connectivity index (χ0n) is 11.8. The lowest BCUT2D eigenvalue weighted by molar-refractivity contribution is 0.102. The lowest BCUT2D eigenvalue weighted by Crippen LogP contribution is -2.14. The van der Waals surface area contributed by atoms with Crippen molar-refractivity contribution in [2.75, 3.05) is 10.6 Å². The van der Waals surface area contributed by atoms with Gasteiger partial charge >= 0.3 is 0 Å². The molecule has 2 aromatic heterocycles. The van der Waals surface area contributed by atoms with Crippen LogP contribution in [-0.4, -0.2) is 10.9 Å². The van der Waals surface area contributed by atoms with Gasteiger partial charge in [-0.3, -0.25) is 9.78 Å². The predicted molar refractivity (Wildman–Crippen MR) is 84.7 cm³/mol. The maximum atomic E-state index is 12.2. The highest BCUT2D eigenvalue weighted by Gasteiger charge is 2.08. The molecule has 5 nitrogen and oxygen atoms in total. The molecule has 0 spiro atoms. The van der Waals surface area contributed by atoms with Crippen LogP contribution in [0, 0.1) is 0 Å². The molecule has 0 saturated carbocycles. The number of carbonyl (C=O) groups is 1. The number of pyridine rings is 1. The van der Waals surface area contributed by atoms with Crippen LogP contribution in [0.1, 0.15) is 16.2 Å². The van der Waals surface area contributed by atoms with E-state index in [1.54, 1.807) is 18.5 Å². The first-order valence-corrected chi connectivity index (χ1v) is 6.90. The average molecular weight is 293 g/mol. The molecule has 22 heavy (non-hydrogen) atoms. The van der Waals surface area contributed by atoms with E-state index in [-0.39, 0.29) is 5.91 Å². The van der Waals surface area contributed by atoms with Crippen molar-refractivity contribution in [2.24, 2.45) is 0 Å². The Balaban J connectivity index is 1.66. The maximum absolute atomic E-state index is 12.2. The van der Waals surface area contributed by atoms with E-state index < -0.39 is 0 Å². The SMILES string of the molecule is O=C(Nc1ccccc1)c1cc(NCc2ccco2)ccn1. The smallest absolute Gasteiger partial charge is 0.274 e. The van der Waals surface area contributed by atoms with Crippen LogP contribution >= 0.6 is 0 Å². The van der Waals surface area contributed by atoms with E-state index in [0.29, 0.717) is 12.2 Å². The molecule has 0 unspecified atom stereocenters. The number of benzene rings is 1. The van der Waals surface area contributed by atoms with E-state index in [4.69, 9.17) is 4.42 Å². The molecule has 1 aromatic carbocycles. The Hall–Kier alpha value is -3.08. The molecule has 0 aliphatic carbocycles. The molecule has 2 heterocycles. The minimum absolute atomic E-state index is 0.243. The molecule has 0 atom stereocenters. The summed E-state index contributed by atoms with van der Waals surface area (Å²) in [6.07, 6.45) is 3.23. The second-order valence-corrected chi connectivity index (χ2v) is 4.68. The number of hydrogen-bond acceptors (Lipinski definition) is 4. The molecule has 3 rings (SSSR count). The van der Waals surface area contributed by atoms with Crippen molar-refractivity contribution in [3.05, 3.63) is 78.5 Å². The van der Waals surface area contributed by atoms with Crippen molar-refractivity contribution in [2.45, 2.75) is 6.54 Å². The zero-order chi connectivity index (χ0) is 15.2. The number of para-hydroxylation sites is 1. The molecule has 2 N–H and O–H groups in total. The summed E-state index contributed by atoms with van der Waals surface area (Å²) in [6, 6.07) is 16.5. The molecule has 0 saturated heterocycles. The minimum Gasteiger partial charge on any atom is -0.467 e. The van der Waals surface area contributed by atoms with Crippen LogP contribution in [-0.2, 0) is 6.54 Å². The van der Waals surface area contributed by atoms with Gasteiger partial charge in [-0.15, -0.1) is 0 Å². The number of nitrogens with zero attached hydrogens (tertiary/aromatic N) is 1. The third kappa shape index (κ3) is 3.52. The summed E-state index contributed by atoms with van der Waals surface area (Å²) in [4.78, 5) is 16.3. The van der Waals surface area contributed by atoms with Gasteiger partial charge in [0.25, 0.3) is 5.91 Å².